The number of hydroxylamine groups is 1. The molecule has 2 saturated heterocycles. The number of carbonyl (C=O) groups is 2. The molecule has 2 aliphatic rings. The number of aryl methyl sites for hydroxylation is 2. The minimum atomic E-state index is -4.80. The lowest BCUT2D eigenvalue weighted by Gasteiger charge is -2.34. The molecule has 6 aromatic carbocycles. The molecule has 0 saturated carbocycles. The van der Waals surface area contributed by atoms with Crippen LogP contribution in [0.2, 0.25) is 0 Å². The van der Waals surface area contributed by atoms with Gasteiger partial charge in [-0.1, -0.05) is 84.9 Å². The SMILES string of the molecule is Cc1cc(OC(CCON=C(N)NOCCC(Oc2cc(C)cc(OS(=O)(=O)c3ccccc3S(=O)(=O)N3CCN(Cc4ccccc4)CC3)c2)C(=O)OC(C)(C)C)C(=O)OC(C)(C)C)cc(OS(=O)(=O)c2ccccc2S(=O)(=O)N2CCN(Cc3ccccc3)CC2)c1. The molecule has 2 fully saturated rings. The van der Waals surface area contributed by atoms with E-state index in [-0.39, 0.29) is 81.2 Å². The lowest BCUT2D eigenvalue weighted by Crippen LogP contribution is -2.48. The van der Waals surface area contributed by atoms with E-state index in [0.29, 0.717) is 50.4 Å². The van der Waals surface area contributed by atoms with Crippen molar-refractivity contribution >= 4 is 58.2 Å². The summed E-state index contributed by atoms with van der Waals surface area (Å²) in [5.74, 6) is -2.46. The Bertz CT molecular complexity index is 4080. The molecule has 0 spiro atoms. The Labute approximate surface area is 550 Å². The number of benzene rings is 6. The number of esters is 2. The second kappa shape index (κ2) is 31.1. The fourth-order valence-electron chi connectivity index (χ4n) is 10.1. The van der Waals surface area contributed by atoms with Crippen molar-refractivity contribution in [2.75, 3.05) is 65.6 Å². The van der Waals surface area contributed by atoms with Crippen molar-refractivity contribution in [2.45, 2.75) is 124 Å². The first-order chi connectivity index (χ1) is 44.3. The smallest absolute Gasteiger partial charge is 0.347 e. The van der Waals surface area contributed by atoms with Gasteiger partial charge in [-0.3, -0.25) is 14.6 Å². The maximum absolute atomic E-state index is 14.1. The quantitative estimate of drug-likeness (QED) is 0.0122. The van der Waals surface area contributed by atoms with Crippen molar-refractivity contribution in [3.05, 3.63) is 168 Å². The molecule has 508 valence electrons. The first kappa shape index (κ1) is 72.0. The molecule has 0 aliphatic carbocycles. The van der Waals surface area contributed by atoms with Crippen LogP contribution in [0, 0.1) is 13.8 Å². The third kappa shape index (κ3) is 20.6. The summed E-state index contributed by atoms with van der Waals surface area (Å²) in [6.45, 7) is 16.2. The number of nitrogens with zero attached hydrogens (tertiary/aromatic N) is 5. The van der Waals surface area contributed by atoms with Gasteiger partial charge in [-0.05, 0) is 131 Å². The Morgan fingerprint density at radius 2 is 0.840 bits per heavy atom. The molecule has 6 aromatic rings. The fraction of sp³-hybridized carbons (Fsp3) is 0.400. The molecule has 25 nitrogen and oxygen atoms in total. The lowest BCUT2D eigenvalue weighted by atomic mass is 10.2. The predicted octanol–water partition coefficient (Wildman–Crippen LogP) is 7.28. The minimum Gasteiger partial charge on any atom is -0.478 e. The molecule has 94 heavy (non-hydrogen) atoms. The molecule has 8 rings (SSSR count). The number of carbonyl (C=O) groups excluding carboxylic acids is 2. The average Bonchev–Trinajstić information content (AvgIpc) is 0.774. The zero-order chi connectivity index (χ0) is 68.1. The van der Waals surface area contributed by atoms with Crippen molar-refractivity contribution in [1.82, 2.24) is 23.9 Å². The minimum absolute atomic E-state index is 0.00168. The van der Waals surface area contributed by atoms with E-state index in [2.05, 4.69) is 20.4 Å². The third-order valence-corrected chi connectivity index (χ3v) is 21.1. The van der Waals surface area contributed by atoms with Crippen LogP contribution in [-0.4, -0.2) is 159 Å². The molecular formula is C65H81N7O18S4. The largest absolute Gasteiger partial charge is 0.478 e. The molecule has 29 heteroatoms. The number of nitrogens with one attached hydrogen (secondary N) is 1. The molecule has 0 radical (unpaired) electrons. The number of oxime groups is 1. The van der Waals surface area contributed by atoms with Crippen LogP contribution >= 0.6 is 0 Å². The van der Waals surface area contributed by atoms with Crippen molar-refractivity contribution in [3.63, 3.8) is 0 Å². The van der Waals surface area contributed by atoms with Gasteiger partial charge in [0.2, 0.25) is 20.0 Å². The zero-order valence-electron chi connectivity index (χ0n) is 53.7. The number of piperazine rings is 2. The molecule has 0 aromatic heterocycles. The number of ether oxygens (including phenoxy) is 4. The standard InChI is InChI=1S/C65H81N7O18S4/c1-47-39-51(43-53(41-47)89-93(79,80)59-25-17-15-23-57(59)91(75,76)71-33-29-69(30-34-71)45-49-19-11-9-12-20-49)85-55(61(73)87-64(3,4)5)27-37-83-67-63(66)68-84-38-28-56(62(74)88-65(6,7)8)86-52-40-48(2)42-54(44-52)90-94(81,82)60-26-18-16-24-58(60)92(77,78)72-35-31-70(32-36-72)46-50-21-13-10-14-22-50/h9-26,39-44,55-56H,27-38,45-46H2,1-8H3,(H3,66,67,68). The molecule has 2 heterocycles. The van der Waals surface area contributed by atoms with Crippen molar-refractivity contribution in [1.29, 1.82) is 0 Å². The van der Waals surface area contributed by atoms with Gasteiger partial charge in [-0.2, -0.15) is 25.4 Å². The van der Waals surface area contributed by atoms with Crippen molar-refractivity contribution in [3.8, 4) is 23.0 Å². The normalized spacial score (nSPS) is 15.9. The van der Waals surface area contributed by atoms with E-state index in [4.69, 9.17) is 42.7 Å². The number of nitrogens with two attached hydrogens (primary N) is 1. The van der Waals surface area contributed by atoms with E-state index < -0.39 is 95.2 Å². The molecule has 2 atom stereocenters. The number of sulfonamides is 2. The van der Waals surface area contributed by atoms with Crippen LogP contribution in [0.25, 0.3) is 0 Å². The van der Waals surface area contributed by atoms with E-state index in [0.717, 1.165) is 23.3 Å². The van der Waals surface area contributed by atoms with Gasteiger partial charge in [-0.15, -0.1) is 0 Å². The maximum atomic E-state index is 14.1. The zero-order valence-corrected chi connectivity index (χ0v) is 57.0. The van der Waals surface area contributed by atoms with Gasteiger partial charge in [0.25, 0.3) is 5.96 Å². The van der Waals surface area contributed by atoms with Crippen LogP contribution in [0.3, 0.4) is 0 Å². The van der Waals surface area contributed by atoms with Gasteiger partial charge < -0.3 is 37.9 Å². The van der Waals surface area contributed by atoms with Gasteiger partial charge in [0, 0.05) is 90.4 Å². The second-order valence-electron chi connectivity index (χ2n) is 24.4. The number of hydrogen-bond donors (Lipinski definition) is 2. The average molecular weight is 1380 g/mol. The molecule has 0 bridgehead atoms. The lowest BCUT2D eigenvalue weighted by molar-refractivity contribution is -0.165. The summed E-state index contributed by atoms with van der Waals surface area (Å²) >= 11 is 0. The van der Waals surface area contributed by atoms with Gasteiger partial charge in [0.05, 0.1) is 6.61 Å². The van der Waals surface area contributed by atoms with Crippen LogP contribution in [0.4, 0.5) is 0 Å². The topological polar surface area (TPSA) is 308 Å². The molecule has 0 amide bonds. The highest BCUT2D eigenvalue weighted by molar-refractivity contribution is 7.92. The highest BCUT2D eigenvalue weighted by atomic mass is 32.2. The Kier molecular flexibility index (Phi) is 23.8. The van der Waals surface area contributed by atoms with Crippen molar-refractivity contribution in [2.24, 2.45) is 10.9 Å². The summed E-state index contributed by atoms with van der Waals surface area (Å²) in [5, 5.41) is 3.80. The van der Waals surface area contributed by atoms with Crippen LogP contribution in [0.1, 0.15) is 76.6 Å². The van der Waals surface area contributed by atoms with Crippen LogP contribution < -0.4 is 29.1 Å². The molecular weight excluding hydrogens is 1300 g/mol. The Balaban J connectivity index is 0.862. The molecule has 2 aliphatic heterocycles. The Morgan fingerprint density at radius 1 is 0.489 bits per heavy atom. The number of hydrogen-bond acceptors (Lipinski definition) is 21. The van der Waals surface area contributed by atoms with Gasteiger partial charge in [0.1, 0.15) is 60.4 Å². The maximum Gasteiger partial charge on any atom is 0.347 e. The molecule has 2 unspecified atom stereocenters. The van der Waals surface area contributed by atoms with Crippen LogP contribution in [0.15, 0.2) is 170 Å². The van der Waals surface area contributed by atoms with E-state index in [1.54, 1.807) is 55.4 Å². The van der Waals surface area contributed by atoms with Gasteiger partial charge in [-0.25, -0.2) is 31.9 Å². The summed E-state index contributed by atoms with van der Waals surface area (Å²) < 4.78 is 150. The van der Waals surface area contributed by atoms with E-state index in [1.807, 2.05) is 60.7 Å². The van der Waals surface area contributed by atoms with Gasteiger partial charge >= 0.3 is 32.2 Å². The summed E-state index contributed by atoms with van der Waals surface area (Å²) in [7, 11) is -18.2. The second-order valence-corrected chi connectivity index (χ2v) is 31.2. The van der Waals surface area contributed by atoms with E-state index in [9.17, 15) is 43.3 Å². The predicted molar refractivity (Wildman–Crippen MR) is 348 cm³/mol. The third-order valence-electron chi connectivity index (χ3n) is 14.3. The van der Waals surface area contributed by atoms with Crippen molar-refractivity contribution < 1.29 is 80.2 Å². The summed E-state index contributed by atoms with van der Waals surface area (Å²) in [4.78, 5) is 40.4. The summed E-state index contributed by atoms with van der Waals surface area (Å²) in [5.41, 5.74) is 9.61. The highest BCUT2D eigenvalue weighted by Gasteiger charge is 2.37. The Morgan fingerprint density at radius 3 is 1.22 bits per heavy atom. The Hall–Kier alpha value is -7.87. The van der Waals surface area contributed by atoms with E-state index in [1.165, 1.54) is 81.4 Å². The van der Waals surface area contributed by atoms with Crippen LogP contribution in [0.5, 0.6) is 23.0 Å². The number of guanidine groups is 1. The fourth-order valence-corrected chi connectivity index (χ4v) is 16.3. The van der Waals surface area contributed by atoms with Gasteiger partial charge in [0.15, 0.2) is 12.2 Å². The summed E-state index contributed by atoms with van der Waals surface area (Å²) in [6, 6.07) is 38.3. The molecule has 3 N–H and O–H groups in total. The monoisotopic (exact) mass is 1380 g/mol. The number of rotatable bonds is 28. The summed E-state index contributed by atoms with van der Waals surface area (Å²) in [6.07, 6.45) is -3.07. The highest BCUT2D eigenvalue weighted by Crippen LogP contribution is 2.34. The van der Waals surface area contributed by atoms with Crippen LogP contribution in [-0.2, 0) is 82.1 Å². The first-order valence-electron chi connectivity index (χ1n) is 30.3. The first-order valence-corrected chi connectivity index (χ1v) is 36.0. The van der Waals surface area contributed by atoms with E-state index >= 15 is 0 Å².